The zero-order valence-electron chi connectivity index (χ0n) is 14.3. The van der Waals surface area contributed by atoms with Crippen LogP contribution in [0.4, 0.5) is 0 Å². The standard InChI is InChI=1S/C17H24N4O.2ClH/c1-4-8-18-10-11-20-17(22)15-12-13(2)21(14(15)3)16-7-5-6-9-19-16;;/h5-7,9,12,18H,4,8,10-11H2,1-3H3,(H,20,22);2*1H. The molecule has 0 aliphatic carbocycles. The average molecular weight is 373 g/mol. The minimum Gasteiger partial charge on any atom is -0.351 e. The van der Waals surface area contributed by atoms with Crippen LogP contribution in [0.3, 0.4) is 0 Å². The van der Waals surface area contributed by atoms with Gasteiger partial charge in [0, 0.05) is 30.7 Å². The van der Waals surface area contributed by atoms with Gasteiger partial charge in [0.2, 0.25) is 0 Å². The van der Waals surface area contributed by atoms with E-state index in [4.69, 9.17) is 0 Å². The maximum Gasteiger partial charge on any atom is 0.253 e. The first-order chi connectivity index (χ1) is 10.6. The highest BCUT2D eigenvalue weighted by Gasteiger charge is 2.16. The van der Waals surface area contributed by atoms with E-state index in [1.807, 2.05) is 42.7 Å². The van der Waals surface area contributed by atoms with Crippen LogP contribution in [-0.2, 0) is 0 Å². The molecule has 2 aromatic heterocycles. The lowest BCUT2D eigenvalue weighted by atomic mass is 10.2. The van der Waals surface area contributed by atoms with Crippen molar-refractivity contribution in [2.75, 3.05) is 19.6 Å². The lowest BCUT2D eigenvalue weighted by Crippen LogP contribution is -2.32. The number of aromatic nitrogens is 2. The molecule has 0 fully saturated rings. The first kappa shape index (κ1) is 22.4. The number of carbonyl (C=O) groups excluding carboxylic acids is 1. The molecule has 0 bridgehead atoms. The molecule has 24 heavy (non-hydrogen) atoms. The Kier molecular flexibility index (Phi) is 10.4. The summed E-state index contributed by atoms with van der Waals surface area (Å²) in [5.74, 6) is 0.801. The Balaban J connectivity index is 0.00000264. The van der Waals surface area contributed by atoms with Gasteiger partial charge in [-0.1, -0.05) is 13.0 Å². The maximum absolute atomic E-state index is 12.3. The van der Waals surface area contributed by atoms with Crippen molar-refractivity contribution in [3.63, 3.8) is 0 Å². The number of pyridine rings is 1. The second-order valence-electron chi connectivity index (χ2n) is 5.31. The lowest BCUT2D eigenvalue weighted by molar-refractivity contribution is 0.0953. The fraction of sp³-hybridized carbons (Fsp3) is 0.412. The molecule has 0 spiro atoms. The van der Waals surface area contributed by atoms with Crippen molar-refractivity contribution in [2.45, 2.75) is 27.2 Å². The van der Waals surface area contributed by atoms with Crippen LogP contribution in [0.2, 0.25) is 0 Å². The Bertz CT molecular complexity index is 629. The van der Waals surface area contributed by atoms with E-state index in [2.05, 4.69) is 22.5 Å². The third-order valence-electron chi connectivity index (χ3n) is 3.57. The SMILES string of the molecule is CCCNCCNC(=O)c1cc(C)n(-c2ccccn2)c1C.Cl.Cl. The molecule has 7 heteroatoms. The Morgan fingerprint density at radius 1 is 1.17 bits per heavy atom. The first-order valence-electron chi connectivity index (χ1n) is 7.74. The van der Waals surface area contributed by atoms with Gasteiger partial charge in [-0.25, -0.2) is 4.98 Å². The fourth-order valence-corrected chi connectivity index (χ4v) is 2.49. The number of halogens is 2. The molecule has 0 saturated carbocycles. The summed E-state index contributed by atoms with van der Waals surface area (Å²) in [5, 5.41) is 6.22. The van der Waals surface area contributed by atoms with E-state index in [0.29, 0.717) is 12.1 Å². The van der Waals surface area contributed by atoms with E-state index in [1.54, 1.807) is 6.20 Å². The minimum absolute atomic E-state index is 0. The number of carbonyl (C=O) groups is 1. The predicted octanol–water partition coefficient (Wildman–Crippen LogP) is 3.06. The van der Waals surface area contributed by atoms with Crippen LogP contribution in [0.1, 0.15) is 35.1 Å². The molecule has 134 valence electrons. The molecule has 0 aliphatic heterocycles. The number of amides is 1. The zero-order valence-corrected chi connectivity index (χ0v) is 16.0. The molecule has 5 nitrogen and oxygen atoms in total. The number of rotatable bonds is 7. The van der Waals surface area contributed by atoms with E-state index in [1.165, 1.54) is 0 Å². The van der Waals surface area contributed by atoms with Gasteiger partial charge in [-0.2, -0.15) is 0 Å². The van der Waals surface area contributed by atoms with E-state index in [0.717, 1.165) is 36.7 Å². The smallest absolute Gasteiger partial charge is 0.253 e. The monoisotopic (exact) mass is 372 g/mol. The van der Waals surface area contributed by atoms with Gasteiger partial charge in [0.15, 0.2) is 0 Å². The molecule has 0 saturated heterocycles. The van der Waals surface area contributed by atoms with E-state index in [-0.39, 0.29) is 30.7 Å². The van der Waals surface area contributed by atoms with Gasteiger partial charge < -0.3 is 15.2 Å². The highest BCUT2D eigenvalue weighted by molar-refractivity contribution is 5.95. The van der Waals surface area contributed by atoms with Crippen LogP contribution >= 0.6 is 24.8 Å². The van der Waals surface area contributed by atoms with Crippen LogP contribution in [0, 0.1) is 13.8 Å². The normalized spacial score (nSPS) is 9.79. The van der Waals surface area contributed by atoms with Gasteiger partial charge in [-0.3, -0.25) is 4.79 Å². The fourth-order valence-electron chi connectivity index (χ4n) is 2.49. The molecule has 2 heterocycles. The Hall–Kier alpha value is -1.56. The van der Waals surface area contributed by atoms with E-state index < -0.39 is 0 Å². The van der Waals surface area contributed by atoms with Crippen molar-refractivity contribution in [3.8, 4) is 5.82 Å². The Morgan fingerprint density at radius 2 is 1.92 bits per heavy atom. The minimum atomic E-state index is -0.0337. The van der Waals surface area contributed by atoms with Gasteiger partial charge in [0.1, 0.15) is 5.82 Å². The third kappa shape index (κ3) is 5.51. The van der Waals surface area contributed by atoms with Gasteiger partial charge in [-0.05, 0) is 45.0 Å². The Labute approximate surface area is 156 Å². The highest BCUT2D eigenvalue weighted by Crippen LogP contribution is 2.19. The van der Waals surface area contributed by atoms with Crippen LogP contribution in [0.15, 0.2) is 30.5 Å². The molecular formula is C17H26Cl2N4O. The van der Waals surface area contributed by atoms with Crippen molar-refractivity contribution < 1.29 is 4.79 Å². The van der Waals surface area contributed by atoms with Crippen molar-refractivity contribution in [3.05, 3.63) is 47.4 Å². The number of hydrogen-bond donors (Lipinski definition) is 2. The quantitative estimate of drug-likeness (QED) is 0.734. The van der Waals surface area contributed by atoms with Crippen LogP contribution in [0.5, 0.6) is 0 Å². The number of hydrogen-bond acceptors (Lipinski definition) is 3. The lowest BCUT2D eigenvalue weighted by Gasteiger charge is -2.09. The summed E-state index contributed by atoms with van der Waals surface area (Å²) in [7, 11) is 0. The summed E-state index contributed by atoms with van der Waals surface area (Å²) in [6.45, 7) is 8.46. The van der Waals surface area contributed by atoms with Crippen LogP contribution < -0.4 is 10.6 Å². The summed E-state index contributed by atoms with van der Waals surface area (Å²) in [6.07, 6.45) is 2.85. The second kappa shape index (κ2) is 11.1. The summed E-state index contributed by atoms with van der Waals surface area (Å²) >= 11 is 0. The molecule has 2 N–H and O–H groups in total. The number of nitrogens with zero attached hydrogens (tertiary/aromatic N) is 2. The van der Waals surface area contributed by atoms with Gasteiger partial charge >= 0.3 is 0 Å². The zero-order chi connectivity index (χ0) is 15.9. The number of aryl methyl sites for hydroxylation is 1. The molecule has 0 atom stereocenters. The predicted molar refractivity (Wildman–Crippen MR) is 103 cm³/mol. The molecule has 1 amide bonds. The third-order valence-corrected chi connectivity index (χ3v) is 3.57. The van der Waals surface area contributed by atoms with Gasteiger partial charge in [-0.15, -0.1) is 24.8 Å². The molecule has 2 rings (SSSR count). The van der Waals surface area contributed by atoms with Gasteiger partial charge in [0.25, 0.3) is 5.91 Å². The summed E-state index contributed by atoms with van der Waals surface area (Å²) in [4.78, 5) is 16.7. The second-order valence-corrected chi connectivity index (χ2v) is 5.31. The van der Waals surface area contributed by atoms with Crippen molar-refractivity contribution in [2.24, 2.45) is 0 Å². The molecule has 0 aliphatic rings. The first-order valence-corrected chi connectivity index (χ1v) is 7.74. The summed E-state index contributed by atoms with van der Waals surface area (Å²) in [5.41, 5.74) is 2.62. The summed E-state index contributed by atoms with van der Waals surface area (Å²) in [6, 6.07) is 7.68. The molecule has 0 radical (unpaired) electrons. The maximum atomic E-state index is 12.3. The molecule has 0 aromatic carbocycles. The topological polar surface area (TPSA) is 58.9 Å². The van der Waals surface area contributed by atoms with Crippen molar-refractivity contribution in [1.82, 2.24) is 20.2 Å². The summed E-state index contributed by atoms with van der Waals surface area (Å²) < 4.78 is 2.00. The highest BCUT2D eigenvalue weighted by atomic mass is 35.5. The Morgan fingerprint density at radius 3 is 2.54 bits per heavy atom. The van der Waals surface area contributed by atoms with E-state index >= 15 is 0 Å². The van der Waals surface area contributed by atoms with Crippen LogP contribution in [0.25, 0.3) is 5.82 Å². The van der Waals surface area contributed by atoms with Crippen molar-refractivity contribution in [1.29, 1.82) is 0 Å². The molecule has 0 unspecified atom stereocenters. The van der Waals surface area contributed by atoms with Crippen LogP contribution in [-0.4, -0.2) is 35.1 Å². The van der Waals surface area contributed by atoms with Crippen molar-refractivity contribution >= 4 is 30.7 Å². The van der Waals surface area contributed by atoms with E-state index in [9.17, 15) is 4.79 Å². The average Bonchev–Trinajstić information content (AvgIpc) is 2.82. The number of nitrogens with one attached hydrogen (secondary N) is 2. The molecule has 2 aromatic rings. The largest absolute Gasteiger partial charge is 0.351 e. The van der Waals surface area contributed by atoms with Gasteiger partial charge in [0.05, 0.1) is 5.56 Å². The molecular weight excluding hydrogens is 347 g/mol.